The summed E-state index contributed by atoms with van der Waals surface area (Å²) < 4.78 is 0. The SMILES string of the molecule is CCCCc1ccc2c3c1C(C)(C)c1ccccc1B3c1cc(C)cc3c1N2c1ccc(C)c2c1B3c1ccccc1C2(C)C. The van der Waals surface area contributed by atoms with Gasteiger partial charge in [-0.1, -0.05) is 130 Å². The molecule has 0 fully saturated rings. The molecule has 0 saturated carbocycles. The molecule has 45 heavy (non-hydrogen) atoms. The van der Waals surface area contributed by atoms with E-state index in [1.54, 1.807) is 11.0 Å². The Morgan fingerprint density at radius 3 is 1.76 bits per heavy atom. The minimum absolute atomic E-state index is 0.0718. The van der Waals surface area contributed by atoms with Crippen LogP contribution in [0, 0.1) is 13.8 Å². The van der Waals surface area contributed by atoms with Gasteiger partial charge in [-0.15, -0.1) is 0 Å². The predicted molar refractivity (Wildman–Crippen MR) is 196 cm³/mol. The summed E-state index contributed by atoms with van der Waals surface area (Å²) in [6.07, 6.45) is 3.57. The van der Waals surface area contributed by atoms with Crippen LogP contribution in [-0.2, 0) is 17.3 Å². The van der Waals surface area contributed by atoms with Crippen LogP contribution in [0.3, 0.4) is 0 Å². The highest BCUT2D eigenvalue weighted by Crippen LogP contribution is 2.47. The summed E-state index contributed by atoms with van der Waals surface area (Å²) in [5.74, 6) is 0. The monoisotopic (exact) mass is 581 g/mol. The standard InChI is InChI=1S/C42H41B2N/c1-8-9-14-27-20-22-35-39-37(27)42(6,7)29-16-11-13-18-31(29)44(39)33-24-25(2)23-32-40(33)45(35)34-21-19-26(3)36-38(34)43(32)30-17-12-10-15-28(30)41(36,4)5/h10-13,15-24H,8-9,14H2,1-7H3. The van der Waals surface area contributed by atoms with E-state index in [9.17, 15) is 0 Å². The fraction of sp³-hybridized carbons (Fsp3) is 0.286. The van der Waals surface area contributed by atoms with Gasteiger partial charge in [-0.25, -0.2) is 0 Å². The van der Waals surface area contributed by atoms with E-state index >= 15 is 0 Å². The fourth-order valence-electron chi connectivity index (χ4n) is 10.3. The Kier molecular flexibility index (Phi) is 5.51. The molecule has 3 heteroatoms. The molecule has 0 N–H and O–H groups in total. The summed E-state index contributed by atoms with van der Waals surface area (Å²) in [4.78, 5) is 2.70. The Bertz CT molecular complexity index is 2100. The van der Waals surface area contributed by atoms with Crippen LogP contribution in [0.2, 0.25) is 0 Å². The quantitative estimate of drug-likeness (QED) is 0.230. The molecule has 0 unspecified atom stereocenters. The highest BCUT2D eigenvalue weighted by atomic mass is 15.2. The van der Waals surface area contributed by atoms with E-state index in [-0.39, 0.29) is 24.3 Å². The number of anilines is 3. The first-order valence-corrected chi connectivity index (χ1v) is 17.1. The summed E-state index contributed by atoms with van der Waals surface area (Å²) in [6.45, 7) is 17.3. The van der Waals surface area contributed by atoms with Gasteiger partial charge in [0.25, 0.3) is 0 Å². The maximum atomic E-state index is 2.70. The van der Waals surface area contributed by atoms with Gasteiger partial charge < -0.3 is 4.90 Å². The van der Waals surface area contributed by atoms with Crippen LogP contribution in [0.25, 0.3) is 0 Å². The van der Waals surface area contributed by atoms with Crippen molar-refractivity contribution in [3.63, 3.8) is 0 Å². The fourth-order valence-corrected chi connectivity index (χ4v) is 10.3. The third kappa shape index (κ3) is 3.32. The molecule has 9 rings (SSSR count). The summed E-state index contributed by atoms with van der Waals surface area (Å²) in [6, 6.07) is 33.5. The number of fused-ring (bicyclic) bond motifs is 8. The molecule has 0 bridgehead atoms. The molecule has 4 heterocycles. The molecule has 220 valence electrons. The van der Waals surface area contributed by atoms with Gasteiger partial charge in [0, 0.05) is 27.9 Å². The molecule has 4 aliphatic heterocycles. The molecule has 5 aromatic carbocycles. The zero-order valence-corrected chi connectivity index (χ0v) is 27.8. The smallest absolute Gasteiger partial charge is 0.247 e. The lowest BCUT2D eigenvalue weighted by atomic mass is 9.26. The Morgan fingerprint density at radius 1 is 0.622 bits per heavy atom. The molecule has 0 radical (unpaired) electrons. The lowest BCUT2D eigenvalue weighted by Gasteiger charge is -2.51. The van der Waals surface area contributed by atoms with E-state index in [1.165, 1.54) is 90.6 Å². The maximum Gasteiger partial charge on any atom is 0.247 e. The second-order valence-electron chi connectivity index (χ2n) is 15.2. The van der Waals surface area contributed by atoms with Crippen LogP contribution in [0.1, 0.15) is 86.4 Å². The van der Waals surface area contributed by atoms with Gasteiger partial charge in [0.2, 0.25) is 13.4 Å². The summed E-state index contributed by atoms with van der Waals surface area (Å²) >= 11 is 0. The van der Waals surface area contributed by atoms with E-state index in [4.69, 9.17) is 0 Å². The highest BCUT2D eigenvalue weighted by molar-refractivity contribution is 7.03. The van der Waals surface area contributed by atoms with E-state index in [0.717, 1.165) is 6.42 Å². The normalized spacial score (nSPS) is 16.8. The van der Waals surface area contributed by atoms with Crippen molar-refractivity contribution in [1.29, 1.82) is 0 Å². The molecule has 0 saturated heterocycles. The number of unbranched alkanes of at least 4 members (excludes halogenated alkanes) is 1. The van der Waals surface area contributed by atoms with Gasteiger partial charge in [-0.05, 0) is 94.1 Å². The van der Waals surface area contributed by atoms with E-state index in [1.807, 2.05) is 0 Å². The van der Waals surface area contributed by atoms with E-state index < -0.39 is 0 Å². The second kappa shape index (κ2) is 9.06. The minimum Gasteiger partial charge on any atom is -0.313 e. The summed E-state index contributed by atoms with van der Waals surface area (Å²) in [5, 5.41) is 0. The third-order valence-electron chi connectivity index (χ3n) is 11.9. The van der Waals surface area contributed by atoms with Gasteiger partial charge in [-0.2, -0.15) is 0 Å². The van der Waals surface area contributed by atoms with Gasteiger partial charge in [0.1, 0.15) is 0 Å². The van der Waals surface area contributed by atoms with Crippen molar-refractivity contribution in [2.75, 3.05) is 4.90 Å². The van der Waals surface area contributed by atoms with Crippen LogP contribution in [0.5, 0.6) is 0 Å². The average Bonchev–Trinajstić information content (AvgIpc) is 3.02. The van der Waals surface area contributed by atoms with Gasteiger partial charge in [-0.3, -0.25) is 0 Å². The Labute approximate surface area is 269 Å². The van der Waals surface area contributed by atoms with Crippen molar-refractivity contribution in [1.82, 2.24) is 0 Å². The van der Waals surface area contributed by atoms with Crippen LogP contribution in [0.4, 0.5) is 17.1 Å². The van der Waals surface area contributed by atoms with Crippen LogP contribution in [0.15, 0.2) is 84.9 Å². The van der Waals surface area contributed by atoms with Crippen LogP contribution in [-0.4, -0.2) is 13.4 Å². The first-order chi connectivity index (χ1) is 21.7. The lowest BCUT2D eigenvalue weighted by Crippen LogP contribution is -2.70. The van der Waals surface area contributed by atoms with E-state index in [2.05, 4.69) is 138 Å². The number of nitrogens with zero attached hydrogens (tertiary/aromatic N) is 1. The van der Waals surface area contributed by atoms with Crippen molar-refractivity contribution >= 4 is 63.3 Å². The Balaban J connectivity index is 1.45. The molecule has 5 aromatic rings. The topological polar surface area (TPSA) is 3.24 Å². The number of benzene rings is 5. The number of hydrogen-bond acceptors (Lipinski definition) is 1. The molecule has 4 aliphatic rings. The first kappa shape index (κ1) is 27.3. The molecule has 0 atom stereocenters. The number of rotatable bonds is 3. The molecular weight excluding hydrogens is 540 g/mol. The van der Waals surface area contributed by atoms with Crippen LogP contribution >= 0.6 is 0 Å². The minimum atomic E-state index is -0.0740. The Hall–Kier alpha value is -3.97. The predicted octanol–water partition coefficient (Wildman–Crippen LogP) is 6.05. The zero-order chi connectivity index (χ0) is 31.0. The molecule has 0 aromatic heterocycles. The molecule has 0 spiro atoms. The number of aryl methyl sites for hydroxylation is 3. The Morgan fingerprint density at radius 2 is 1.16 bits per heavy atom. The summed E-state index contributed by atoms with van der Waals surface area (Å²) in [5.41, 5.74) is 23.3. The summed E-state index contributed by atoms with van der Waals surface area (Å²) in [7, 11) is 0. The van der Waals surface area contributed by atoms with Crippen molar-refractivity contribution in [2.24, 2.45) is 0 Å². The molecule has 0 amide bonds. The van der Waals surface area contributed by atoms with Gasteiger partial charge in [0.05, 0.1) is 0 Å². The largest absolute Gasteiger partial charge is 0.313 e. The first-order valence-electron chi connectivity index (χ1n) is 17.1. The third-order valence-corrected chi connectivity index (χ3v) is 11.9. The van der Waals surface area contributed by atoms with Gasteiger partial charge >= 0.3 is 0 Å². The van der Waals surface area contributed by atoms with Crippen molar-refractivity contribution < 1.29 is 0 Å². The second-order valence-corrected chi connectivity index (χ2v) is 15.2. The zero-order valence-electron chi connectivity index (χ0n) is 27.8. The van der Waals surface area contributed by atoms with E-state index in [0.29, 0.717) is 0 Å². The number of hydrogen-bond donors (Lipinski definition) is 0. The molecule has 1 nitrogen and oxygen atoms in total. The van der Waals surface area contributed by atoms with Gasteiger partial charge in [0.15, 0.2) is 0 Å². The van der Waals surface area contributed by atoms with Crippen molar-refractivity contribution in [3.05, 3.63) is 124 Å². The average molecular weight is 581 g/mol. The lowest BCUT2D eigenvalue weighted by molar-refractivity contribution is 0.631. The highest BCUT2D eigenvalue weighted by Gasteiger charge is 2.52. The maximum absolute atomic E-state index is 2.70. The molecular formula is C42H41B2N. The molecule has 0 aliphatic carbocycles. The van der Waals surface area contributed by atoms with Crippen LogP contribution < -0.4 is 37.7 Å². The van der Waals surface area contributed by atoms with Crippen molar-refractivity contribution in [3.8, 4) is 0 Å². The van der Waals surface area contributed by atoms with Crippen molar-refractivity contribution in [2.45, 2.75) is 78.6 Å².